The van der Waals surface area contributed by atoms with Gasteiger partial charge in [0.25, 0.3) is 5.69 Å². The highest BCUT2D eigenvalue weighted by molar-refractivity contribution is 5.62. The molecule has 1 aliphatic rings. The Balaban J connectivity index is 2.17. The summed E-state index contributed by atoms with van der Waals surface area (Å²) in [7, 11) is 1.57. The predicted molar refractivity (Wildman–Crippen MR) is 65.5 cm³/mol. The van der Waals surface area contributed by atoms with E-state index < -0.39 is 4.92 Å². The van der Waals surface area contributed by atoms with E-state index >= 15 is 0 Å². The maximum absolute atomic E-state index is 10.7. The van der Waals surface area contributed by atoms with Crippen molar-refractivity contribution in [1.82, 2.24) is 0 Å². The van der Waals surface area contributed by atoms with Gasteiger partial charge in [-0.15, -0.1) is 0 Å². The van der Waals surface area contributed by atoms with Crippen molar-refractivity contribution in [2.75, 3.05) is 12.4 Å². The molecule has 0 saturated heterocycles. The average molecular weight is 236 g/mol. The summed E-state index contributed by atoms with van der Waals surface area (Å²) in [5.74, 6) is 1.38. The van der Waals surface area contributed by atoms with E-state index in [4.69, 9.17) is 4.74 Å². The number of anilines is 1. The number of nitrogens with one attached hydrogen (secondary N) is 1. The second-order valence-corrected chi connectivity index (χ2v) is 4.56. The van der Waals surface area contributed by atoms with E-state index in [1.807, 2.05) is 0 Å². The Hall–Kier alpha value is -1.78. The summed E-state index contributed by atoms with van der Waals surface area (Å²) in [4.78, 5) is 10.3. The van der Waals surface area contributed by atoms with Crippen LogP contribution in [0.15, 0.2) is 18.2 Å². The number of benzene rings is 1. The van der Waals surface area contributed by atoms with Gasteiger partial charge in [0, 0.05) is 18.2 Å². The maximum Gasteiger partial charge on any atom is 0.271 e. The number of hydrogen-bond donors (Lipinski definition) is 1. The number of nitro benzene ring substituents is 1. The molecule has 1 aromatic carbocycles. The number of rotatable bonds is 4. The highest BCUT2D eigenvalue weighted by Crippen LogP contribution is 2.34. The van der Waals surface area contributed by atoms with Crippen molar-refractivity contribution in [2.24, 2.45) is 5.92 Å². The monoisotopic (exact) mass is 236 g/mol. The molecule has 2 rings (SSSR count). The molecule has 0 spiro atoms. The lowest BCUT2D eigenvalue weighted by atomic mass is 9.82. The summed E-state index contributed by atoms with van der Waals surface area (Å²) in [6.45, 7) is 2.20. The first-order chi connectivity index (χ1) is 8.10. The molecule has 0 unspecified atom stereocenters. The van der Waals surface area contributed by atoms with Gasteiger partial charge in [-0.25, -0.2) is 0 Å². The number of methoxy groups -OCH3 is 1. The van der Waals surface area contributed by atoms with E-state index in [0.29, 0.717) is 17.5 Å². The molecule has 1 aliphatic carbocycles. The number of nitro groups is 1. The van der Waals surface area contributed by atoms with Crippen LogP contribution in [0, 0.1) is 16.0 Å². The first kappa shape index (κ1) is 11.7. The standard InChI is InChI=1S/C12H16N2O3/c1-8-5-9(6-8)13-11-7-10(14(15)16)3-4-12(11)17-2/h3-4,7-9,13H,5-6H2,1-2H3. The normalized spacial score (nSPS) is 22.7. The van der Waals surface area contributed by atoms with Crippen LogP contribution in [-0.2, 0) is 0 Å². The number of nitrogens with zero attached hydrogens (tertiary/aromatic N) is 1. The summed E-state index contributed by atoms with van der Waals surface area (Å²) in [5, 5.41) is 14.0. The third-order valence-electron chi connectivity index (χ3n) is 3.13. The Labute approximate surface area is 99.9 Å². The molecule has 92 valence electrons. The van der Waals surface area contributed by atoms with Gasteiger partial charge >= 0.3 is 0 Å². The van der Waals surface area contributed by atoms with Crippen molar-refractivity contribution in [1.29, 1.82) is 0 Å². The molecular formula is C12H16N2O3. The van der Waals surface area contributed by atoms with Gasteiger partial charge in [-0.1, -0.05) is 6.92 Å². The van der Waals surface area contributed by atoms with E-state index in [-0.39, 0.29) is 5.69 Å². The van der Waals surface area contributed by atoms with Gasteiger partial charge in [0.05, 0.1) is 17.7 Å². The minimum Gasteiger partial charge on any atom is -0.495 e. The smallest absolute Gasteiger partial charge is 0.271 e. The van der Waals surface area contributed by atoms with Crippen molar-refractivity contribution < 1.29 is 9.66 Å². The lowest BCUT2D eigenvalue weighted by Gasteiger charge is -2.34. The van der Waals surface area contributed by atoms with E-state index in [2.05, 4.69) is 12.2 Å². The minimum absolute atomic E-state index is 0.0840. The third-order valence-corrected chi connectivity index (χ3v) is 3.13. The molecule has 1 saturated carbocycles. The zero-order valence-corrected chi connectivity index (χ0v) is 9.97. The van der Waals surface area contributed by atoms with Crippen LogP contribution in [0.2, 0.25) is 0 Å². The molecule has 0 aliphatic heterocycles. The Kier molecular flexibility index (Phi) is 3.17. The molecule has 0 heterocycles. The fourth-order valence-corrected chi connectivity index (χ4v) is 2.16. The Morgan fingerprint density at radius 3 is 2.71 bits per heavy atom. The van der Waals surface area contributed by atoms with Crippen molar-refractivity contribution >= 4 is 11.4 Å². The number of hydrogen-bond acceptors (Lipinski definition) is 4. The minimum atomic E-state index is -0.395. The highest BCUT2D eigenvalue weighted by Gasteiger charge is 2.26. The molecule has 5 nitrogen and oxygen atoms in total. The van der Waals surface area contributed by atoms with Gasteiger partial charge < -0.3 is 10.1 Å². The predicted octanol–water partition coefficient (Wildman–Crippen LogP) is 2.81. The molecule has 1 N–H and O–H groups in total. The largest absolute Gasteiger partial charge is 0.495 e. The van der Waals surface area contributed by atoms with Crippen LogP contribution < -0.4 is 10.1 Å². The summed E-state index contributed by atoms with van der Waals surface area (Å²) in [6, 6.07) is 5.01. The van der Waals surface area contributed by atoms with Crippen LogP contribution in [0.4, 0.5) is 11.4 Å². The molecule has 0 atom stereocenters. The van der Waals surface area contributed by atoms with Crippen LogP contribution in [0.25, 0.3) is 0 Å². The average Bonchev–Trinajstić information content (AvgIpc) is 2.26. The molecule has 0 aromatic heterocycles. The summed E-state index contributed by atoms with van der Waals surface area (Å²) in [6.07, 6.45) is 2.21. The molecule has 0 bridgehead atoms. The molecule has 0 amide bonds. The molecule has 0 radical (unpaired) electrons. The zero-order chi connectivity index (χ0) is 12.4. The van der Waals surface area contributed by atoms with Crippen LogP contribution in [0.1, 0.15) is 19.8 Å². The zero-order valence-electron chi connectivity index (χ0n) is 9.97. The van der Waals surface area contributed by atoms with Gasteiger partial charge in [0.15, 0.2) is 0 Å². The lowest BCUT2D eigenvalue weighted by molar-refractivity contribution is -0.384. The van der Waals surface area contributed by atoms with Crippen molar-refractivity contribution in [3.05, 3.63) is 28.3 Å². The summed E-state index contributed by atoms with van der Waals surface area (Å²) < 4.78 is 5.19. The van der Waals surface area contributed by atoms with Crippen molar-refractivity contribution in [3.8, 4) is 5.75 Å². The summed E-state index contributed by atoms with van der Waals surface area (Å²) >= 11 is 0. The third kappa shape index (κ3) is 2.49. The van der Waals surface area contributed by atoms with E-state index in [9.17, 15) is 10.1 Å². The van der Waals surface area contributed by atoms with E-state index in [0.717, 1.165) is 18.8 Å². The van der Waals surface area contributed by atoms with Gasteiger partial charge in [-0.05, 0) is 24.8 Å². The highest BCUT2D eigenvalue weighted by atomic mass is 16.6. The molecule has 1 fully saturated rings. The van der Waals surface area contributed by atoms with E-state index in [1.54, 1.807) is 13.2 Å². The number of non-ortho nitro benzene ring substituents is 1. The fourth-order valence-electron chi connectivity index (χ4n) is 2.16. The van der Waals surface area contributed by atoms with Crippen LogP contribution >= 0.6 is 0 Å². The Bertz CT molecular complexity index is 428. The Morgan fingerprint density at radius 1 is 1.47 bits per heavy atom. The first-order valence-electron chi connectivity index (χ1n) is 5.69. The Morgan fingerprint density at radius 2 is 2.18 bits per heavy atom. The maximum atomic E-state index is 10.7. The first-order valence-corrected chi connectivity index (χ1v) is 5.69. The SMILES string of the molecule is COc1ccc([N+](=O)[O-])cc1NC1CC(C)C1. The van der Waals surface area contributed by atoms with Crippen LogP contribution in [0.5, 0.6) is 5.75 Å². The molecule has 1 aromatic rings. The van der Waals surface area contributed by atoms with Crippen molar-refractivity contribution in [2.45, 2.75) is 25.8 Å². The molecule has 17 heavy (non-hydrogen) atoms. The van der Waals surface area contributed by atoms with Gasteiger partial charge in [0.2, 0.25) is 0 Å². The van der Waals surface area contributed by atoms with Crippen LogP contribution in [-0.4, -0.2) is 18.1 Å². The van der Waals surface area contributed by atoms with Gasteiger partial charge in [-0.3, -0.25) is 10.1 Å². The van der Waals surface area contributed by atoms with Crippen molar-refractivity contribution in [3.63, 3.8) is 0 Å². The summed E-state index contributed by atoms with van der Waals surface area (Å²) in [5.41, 5.74) is 0.791. The topological polar surface area (TPSA) is 64.4 Å². The molecular weight excluding hydrogens is 220 g/mol. The van der Waals surface area contributed by atoms with Crippen LogP contribution in [0.3, 0.4) is 0 Å². The second-order valence-electron chi connectivity index (χ2n) is 4.56. The van der Waals surface area contributed by atoms with Gasteiger partial charge in [0.1, 0.15) is 5.75 Å². The molecule has 5 heteroatoms. The quantitative estimate of drug-likeness (QED) is 0.645. The second kappa shape index (κ2) is 4.61. The van der Waals surface area contributed by atoms with Gasteiger partial charge in [-0.2, -0.15) is 0 Å². The number of ether oxygens (including phenoxy) is 1. The van der Waals surface area contributed by atoms with E-state index in [1.165, 1.54) is 12.1 Å². The lowest BCUT2D eigenvalue weighted by Crippen LogP contribution is -2.33. The fraction of sp³-hybridized carbons (Fsp3) is 0.500.